The van der Waals surface area contributed by atoms with Crippen LogP contribution in [-0.2, 0) is 0 Å². The molecular formula is C17H14N2O2. The van der Waals surface area contributed by atoms with Crippen molar-refractivity contribution in [2.45, 2.75) is 6.92 Å². The van der Waals surface area contributed by atoms with Gasteiger partial charge in [-0.05, 0) is 31.2 Å². The Bertz CT molecular complexity index is 876. The minimum atomic E-state index is -0.256. The van der Waals surface area contributed by atoms with Crippen LogP contribution in [0.25, 0.3) is 22.8 Å². The number of aromatic nitrogens is 2. The minimum absolute atomic E-state index is 0.0505. The number of benzene rings is 2. The van der Waals surface area contributed by atoms with Crippen LogP contribution in [0.3, 0.4) is 0 Å². The molecule has 0 saturated heterocycles. The largest absolute Gasteiger partial charge is 0.513 e. The first-order valence-electron chi connectivity index (χ1n) is 6.61. The summed E-state index contributed by atoms with van der Waals surface area (Å²) in [6.45, 7) is 1.52. The van der Waals surface area contributed by atoms with Crippen molar-refractivity contribution in [1.29, 1.82) is 0 Å². The SMILES string of the molecule is CC(O)=Cc1nc2ccccc2n(-c2ccccc2)c1=O. The average Bonchev–Trinajstić information content (AvgIpc) is 2.48. The Morgan fingerprint density at radius 1 is 1.10 bits per heavy atom. The van der Waals surface area contributed by atoms with Gasteiger partial charge < -0.3 is 5.11 Å². The molecule has 0 aliphatic heterocycles. The van der Waals surface area contributed by atoms with Crippen molar-refractivity contribution in [3.8, 4) is 5.69 Å². The maximum Gasteiger partial charge on any atom is 0.281 e. The van der Waals surface area contributed by atoms with Crippen LogP contribution in [-0.4, -0.2) is 14.7 Å². The summed E-state index contributed by atoms with van der Waals surface area (Å²) in [6, 6.07) is 16.8. The fourth-order valence-electron chi connectivity index (χ4n) is 2.27. The Kier molecular flexibility index (Phi) is 3.28. The van der Waals surface area contributed by atoms with Gasteiger partial charge >= 0.3 is 0 Å². The molecule has 0 bridgehead atoms. The van der Waals surface area contributed by atoms with Crippen LogP contribution < -0.4 is 5.56 Å². The van der Waals surface area contributed by atoms with Gasteiger partial charge in [0.05, 0.1) is 16.8 Å². The van der Waals surface area contributed by atoms with Crippen LogP contribution in [0.15, 0.2) is 65.2 Å². The Morgan fingerprint density at radius 3 is 2.48 bits per heavy atom. The van der Waals surface area contributed by atoms with E-state index < -0.39 is 0 Å². The first-order valence-corrected chi connectivity index (χ1v) is 6.61. The minimum Gasteiger partial charge on any atom is -0.513 e. The number of nitrogens with zero attached hydrogens (tertiary/aromatic N) is 2. The molecule has 0 atom stereocenters. The fraction of sp³-hybridized carbons (Fsp3) is 0.0588. The van der Waals surface area contributed by atoms with Crippen molar-refractivity contribution in [2.75, 3.05) is 0 Å². The lowest BCUT2D eigenvalue weighted by atomic mass is 10.2. The Hall–Kier alpha value is -2.88. The van der Waals surface area contributed by atoms with Crippen LogP contribution in [0.1, 0.15) is 12.6 Å². The number of hydrogen-bond donors (Lipinski definition) is 1. The van der Waals surface area contributed by atoms with Crippen LogP contribution in [0, 0.1) is 0 Å². The summed E-state index contributed by atoms with van der Waals surface area (Å²) in [4.78, 5) is 17.0. The summed E-state index contributed by atoms with van der Waals surface area (Å²) < 4.78 is 1.61. The molecule has 3 rings (SSSR count). The van der Waals surface area contributed by atoms with E-state index in [1.165, 1.54) is 13.0 Å². The molecule has 3 aromatic rings. The Balaban J connectivity index is 2.43. The molecule has 1 N–H and O–H groups in total. The zero-order chi connectivity index (χ0) is 14.8. The quantitative estimate of drug-likeness (QED) is 0.732. The van der Waals surface area contributed by atoms with E-state index >= 15 is 0 Å². The van der Waals surface area contributed by atoms with Gasteiger partial charge in [-0.15, -0.1) is 0 Å². The molecule has 0 unspecified atom stereocenters. The number of aliphatic hydroxyl groups is 1. The van der Waals surface area contributed by atoms with E-state index in [1.54, 1.807) is 4.57 Å². The second kappa shape index (κ2) is 5.25. The smallest absolute Gasteiger partial charge is 0.281 e. The monoisotopic (exact) mass is 278 g/mol. The summed E-state index contributed by atoms with van der Waals surface area (Å²) in [5.41, 5.74) is 2.17. The Morgan fingerprint density at radius 2 is 1.76 bits per heavy atom. The fourth-order valence-corrected chi connectivity index (χ4v) is 2.27. The summed E-state index contributed by atoms with van der Waals surface area (Å²) >= 11 is 0. The first-order chi connectivity index (χ1) is 10.2. The van der Waals surface area contributed by atoms with Gasteiger partial charge in [0, 0.05) is 11.8 Å². The molecule has 0 amide bonds. The zero-order valence-corrected chi connectivity index (χ0v) is 11.5. The van der Waals surface area contributed by atoms with E-state index in [-0.39, 0.29) is 17.0 Å². The molecule has 2 aromatic carbocycles. The van der Waals surface area contributed by atoms with Crippen molar-refractivity contribution in [3.05, 3.63) is 76.4 Å². The van der Waals surface area contributed by atoms with Gasteiger partial charge in [0.1, 0.15) is 5.69 Å². The van der Waals surface area contributed by atoms with E-state index in [0.717, 1.165) is 11.2 Å². The maximum atomic E-state index is 12.7. The van der Waals surface area contributed by atoms with Crippen LogP contribution in [0.4, 0.5) is 0 Å². The van der Waals surface area contributed by atoms with Gasteiger partial charge in [-0.3, -0.25) is 9.36 Å². The first kappa shape index (κ1) is 13.1. The molecule has 1 aromatic heterocycles. The van der Waals surface area contributed by atoms with Crippen molar-refractivity contribution in [2.24, 2.45) is 0 Å². The average molecular weight is 278 g/mol. The summed E-state index contributed by atoms with van der Waals surface area (Å²) in [6.07, 6.45) is 1.38. The number of para-hydroxylation sites is 3. The third-order valence-electron chi connectivity index (χ3n) is 3.15. The highest BCUT2D eigenvalue weighted by Crippen LogP contribution is 2.15. The Labute approximate surface area is 121 Å². The van der Waals surface area contributed by atoms with Crippen LogP contribution in [0.2, 0.25) is 0 Å². The standard InChI is InChI=1S/C17H14N2O2/c1-12(20)11-15-17(21)19(13-7-3-2-4-8-13)16-10-6-5-9-14(16)18-15/h2-11,20H,1H3. The normalized spacial score (nSPS) is 11.8. The van der Waals surface area contributed by atoms with E-state index in [0.29, 0.717) is 5.52 Å². The van der Waals surface area contributed by atoms with Gasteiger partial charge in [-0.25, -0.2) is 4.98 Å². The number of rotatable bonds is 2. The summed E-state index contributed by atoms with van der Waals surface area (Å²) in [5, 5.41) is 9.44. The van der Waals surface area contributed by atoms with Gasteiger partial charge in [-0.1, -0.05) is 30.3 Å². The van der Waals surface area contributed by atoms with E-state index in [1.807, 2.05) is 54.6 Å². The van der Waals surface area contributed by atoms with Crippen molar-refractivity contribution < 1.29 is 5.11 Å². The molecule has 1 heterocycles. The highest BCUT2D eigenvalue weighted by Gasteiger charge is 2.10. The molecule has 0 radical (unpaired) electrons. The van der Waals surface area contributed by atoms with Gasteiger partial charge in [0.15, 0.2) is 0 Å². The number of aliphatic hydroxyl groups excluding tert-OH is 1. The molecule has 4 nitrogen and oxygen atoms in total. The van der Waals surface area contributed by atoms with Crippen molar-refractivity contribution in [1.82, 2.24) is 9.55 Å². The van der Waals surface area contributed by atoms with E-state index in [9.17, 15) is 9.90 Å². The van der Waals surface area contributed by atoms with Crippen LogP contribution in [0.5, 0.6) is 0 Å². The highest BCUT2D eigenvalue weighted by atomic mass is 16.3. The summed E-state index contributed by atoms with van der Waals surface area (Å²) in [5.74, 6) is 0.0505. The molecule has 0 saturated carbocycles. The van der Waals surface area contributed by atoms with E-state index in [4.69, 9.17) is 0 Å². The highest BCUT2D eigenvalue weighted by molar-refractivity contribution is 5.77. The number of fused-ring (bicyclic) bond motifs is 1. The second-order valence-electron chi connectivity index (χ2n) is 4.75. The lowest BCUT2D eigenvalue weighted by Gasteiger charge is -2.11. The number of allylic oxidation sites excluding steroid dienone is 1. The predicted octanol–water partition coefficient (Wildman–Crippen LogP) is 3.30. The molecule has 21 heavy (non-hydrogen) atoms. The van der Waals surface area contributed by atoms with Crippen molar-refractivity contribution in [3.63, 3.8) is 0 Å². The van der Waals surface area contributed by atoms with Gasteiger partial charge in [-0.2, -0.15) is 0 Å². The molecule has 104 valence electrons. The zero-order valence-electron chi connectivity index (χ0n) is 11.5. The lowest BCUT2D eigenvalue weighted by molar-refractivity contribution is 0.419. The second-order valence-corrected chi connectivity index (χ2v) is 4.75. The van der Waals surface area contributed by atoms with Crippen molar-refractivity contribution >= 4 is 17.1 Å². The maximum absolute atomic E-state index is 12.7. The third kappa shape index (κ3) is 2.43. The molecule has 0 aliphatic rings. The summed E-state index contributed by atoms with van der Waals surface area (Å²) in [7, 11) is 0. The van der Waals surface area contributed by atoms with Gasteiger partial charge in [0.2, 0.25) is 0 Å². The third-order valence-corrected chi connectivity index (χ3v) is 3.15. The molecule has 0 spiro atoms. The topological polar surface area (TPSA) is 55.1 Å². The van der Waals surface area contributed by atoms with Crippen LogP contribution >= 0.6 is 0 Å². The van der Waals surface area contributed by atoms with E-state index in [2.05, 4.69) is 4.98 Å². The predicted molar refractivity (Wildman–Crippen MR) is 83.6 cm³/mol. The molecule has 0 fully saturated rings. The lowest BCUT2D eigenvalue weighted by Crippen LogP contribution is -2.22. The molecule has 0 aliphatic carbocycles. The van der Waals surface area contributed by atoms with Gasteiger partial charge in [0.25, 0.3) is 5.56 Å². The number of hydrogen-bond acceptors (Lipinski definition) is 3. The molecule has 4 heteroatoms. The molecular weight excluding hydrogens is 264 g/mol.